The maximum absolute atomic E-state index is 12.3. The van der Waals surface area contributed by atoms with Gasteiger partial charge in [0.1, 0.15) is 5.82 Å². The van der Waals surface area contributed by atoms with Crippen LogP contribution in [-0.2, 0) is 6.54 Å². The number of carboxylic acids is 1. The highest BCUT2D eigenvalue weighted by molar-refractivity contribution is 5.94. The molecule has 1 heterocycles. The van der Waals surface area contributed by atoms with Gasteiger partial charge in [0.05, 0.1) is 10.6 Å². The van der Waals surface area contributed by atoms with Gasteiger partial charge >= 0.3 is 12.0 Å². The molecule has 31 heavy (non-hydrogen) atoms. The molecule has 5 N–H and O–H groups in total. The Morgan fingerprint density at radius 3 is 2.61 bits per heavy atom. The standard InChI is InChI=1S/C19H15N5O7/c25-15-14(18(27)28)22-16(23-17(15)26)12-6-1-2-7-13(12)21-19(29)20-9-10-4-3-5-11(8-10)24(30)31/h1-8,25H,9H2,(H,27,28)(H2,20,21,29)(H,22,23,26). The van der Waals surface area contributed by atoms with Crippen molar-refractivity contribution >= 4 is 23.4 Å². The molecular formula is C19H15N5O7. The molecule has 2 amide bonds. The first-order chi connectivity index (χ1) is 14.8. The summed E-state index contributed by atoms with van der Waals surface area (Å²) in [6.07, 6.45) is 0. The maximum atomic E-state index is 12.3. The van der Waals surface area contributed by atoms with Crippen LogP contribution in [0, 0.1) is 10.1 Å². The molecule has 3 aromatic rings. The van der Waals surface area contributed by atoms with Crippen molar-refractivity contribution in [2.45, 2.75) is 6.54 Å². The van der Waals surface area contributed by atoms with Crippen molar-refractivity contribution in [3.05, 3.63) is 80.3 Å². The number of aromatic amines is 1. The molecule has 12 nitrogen and oxygen atoms in total. The number of urea groups is 1. The number of carbonyl (C=O) groups is 2. The zero-order valence-electron chi connectivity index (χ0n) is 15.7. The van der Waals surface area contributed by atoms with E-state index in [0.29, 0.717) is 5.56 Å². The maximum Gasteiger partial charge on any atom is 0.358 e. The molecule has 158 valence electrons. The van der Waals surface area contributed by atoms with E-state index in [1.54, 1.807) is 18.2 Å². The highest BCUT2D eigenvalue weighted by Crippen LogP contribution is 2.25. The Morgan fingerprint density at radius 1 is 1.16 bits per heavy atom. The van der Waals surface area contributed by atoms with E-state index in [1.807, 2.05) is 0 Å². The van der Waals surface area contributed by atoms with E-state index in [0.717, 1.165) is 0 Å². The van der Waals surface area contributed by atoms with Crippen molar-refractivity contribution in [3.63, 3.8) is 0 Å². The van der Waals surface area contributed by atoms with Crippen LogP contribution in [0.2, 0.25) is 0 Å². The number of hydrogen-bond acceptors (Lipinski definition) is 7. The number of para-hydroxylation sites is 1. The smallest absolute Gasteiger partial charge is 0.358 e. The summed E-state index contributed by atoms with van der Waals surface area (Å²) < 4.78 is 0. The van der Waals surface area contributed by atoms with Gasteiger partial charge in [0.2, 0.25) is 5.75 Å². The average Bonchev–Trinajstić information content (AvgIpc) is 2.74. The molecule has 2 aromatic carbocycles. The first-order valence-electron chi connectivity index (χ1n) is 8.70. The summed E-state index contributed by atoms with van der Waals surface area (Å²) >= 11 is 0. The van der Waals surface area contributed by atoms with Crippen LogP contribution >= 0.6 is 0 Å². The number of nitrogens with zero attached hydrogens (tertiary/aromatic N) is 2. The third-order valence-electron chi connectivity index (χ3n) is 4.10. The summed E-state index contributed by atoms with van der Waals surface area (Å²) in [4.78, 5) is 51.7. The molecule has 0 saturated carbocycles. The van der Waals surface area contributed by atoms with Gasteiger partial charge in [-0.1, -0.05) is 24.3 Å². The van der Waals surface area contributed by atoms with Crippen LogP contribution in [0.4, 0.5) is 16.2 Å². The molecule has 0 bridgehead atoms. The first-order valence-corrected chi connectivity index (χ1v) is 8.70. The minimum atomic E-state index is -1.59. The monoisotopic (exact) mass is 425 g/mol. The molecule has 0 radical (unpaired) electrons. The van der Waals surface area contributed by atoms with Crippen molar-refractivity contribution < 1.29 is 24.7 Å². The van der Waals surface area contributed by atoms with Crippen LogP contribution in [0.5, 0.6) is 5.75 Å². The molecule has 0 spiro atoms. The van der Waals surface area contributed by atoms with Crippen molar-refractivity contribution in [2.75, 3.05) is 5.32 Å². The molecule has 0 aliphatic carbocycles. The topological polar surface area (TPSA) is 188 Å². The van der Waals surface area contributed by atoms with Crippen LogP contribution in [0.15, 0.2) is 53.3 Å². The normalized spacial score (nSPS) is 10.3. The number of nitro groups is 1. The lowest BCUT2D eigenvalue weighted by Gasteiger charge is -2.12. The van der Waals surface area contributed by atoms with Crippen molar-refractivity contribution in [1.29, 1.82) is 0 Å². The molecule has 0 aliphatic heterocycles. The number of non-ortho nitro benzene ring substituents is 1. The van der Waals surface area contributed by atoms with Gasteiger partial charge in [0.15, 0.2) is 5.69 Å². The van der Waals surface area contributed by atoms with Gasteiger partial charge in [0, 0.05) is 24.2 Å². The number of rotatable bonds is 6. The number of aromatic hydroxyl groups is 1. The fourth-order valence-corrected chi connectivity index (χ4v) is 2.67. The zero-order chi connectivity index (χ0) is 22.5. The van der Waals surface area contributed by atoms with Crippen molar-refractivity contribution in [3.8, 4) is 17.1 Å². The Morgan fingerprint density at radius 2 is 1.90 bits per heavy atom. The van der Waals surface area contributed by atoms with E-state index < -0.39 is 33.9 Å². The summed E-state index contributed by atoms with van der Waals surface area (Å²) in [5.74, 6) is -2.80. The molecule has 0 aliphatic rings. The van der Waals surface area contributed by atoms with Crippen LogP contribution in [0.1, 0.15) is 16.1 Å². The largest absolute Gasteiger partial charge is 0.501 e. The molecule has 0 fully saturated rings. The Hall–Kier alpha value is -4.74. The predicted octanol–water partition coefficient (Wildman–Crippen LogP) is 2.07. The SMILES string of the molecule is O=C(NCc1cccc([N+](=O)[O-])c1)Nc1ccccc1-c1nc(C(=O)O)c(O)c(=O)[nH]1. The van der Waals surface area contributed by atoms with E-state index in [2.05, 4.69) is 20.6 Å². The Balaban J connectivity index is 1.81. The number of nitrogens with one attached hydrogen (secondary N) is 3. The number of aromatic nitrogens is 2. The number of benzene rings is 2. The second-order valence-electron chi connectivity index (χ2n) is 6.20. The fraction of sp³-hybridized carbons (Fsp3) is 0.0526. The lowest BCUT2D eigenvalue weighted by Crippen LogP contribution is -2.28. The number of amides is 2. The van der Waals surface area contributed by atoms with Gasteiger partial charge in [-0.3, -0.25) is 14.9 Å². The quantitative estimate of drug-likeness (QED) is 0.293. The van der Waals surface area contributed by atoms with Gasteiger partial charge in [-0.05, 0) is 17.7 Å². The van der Waals surface area contributed by atoms with E-state index >= 15 is 0 Å². The number of anilines is 1. The van der Waals surface area contributed by atoms with Crippen LogP contribution in [0.3, 0.4) is 0 Å². The summed E-state index contributed by atoms with van der Waals surface area (Å²) in [5, 5.41) is 34.6. The highest BCUT2D eigenvalue weighted by atomic mass is 16.6. The van der Waals surface area contributed by atoms with Gasteiger partial charge in [-0.15, -0.1) is 0 Å². The number of nitro benzene ring substituents is 1. The zero-order valence-corrected chi connectivity index (χ0v) is 15.7. The van der Waals surface area contributed by atoms with Gasteiger partial charge in [0.25, 0.3) is 11.2 Å². The van der Waals surface area contributed by atoms with Crippen molar-refractivity contribution in [2.24, 2.45) is 0 Å². The summed E-state index contributed by atoms with van der Waals surface area (Å²) in [7, 11) is 0. The van der Waals surface area contributed by atoms with E-state index in [9.17, 15) is 29.6 Å². The molecule has 0 unspecified atom stereocenters. The number of carboxylic acid groups (broad SMARTS) is 1. The number of hydrogen-bond donors (Lipinski definition) is 5. The molecule has 3 rings (SSSR count). The molecular weight excluding hydrogens is 410 g/mol. The third-order valence-corrected chi connectivity index (χ3v) is 4.10. The summed E-state index contributed by atoms with van der Waals surface area (Å²) in [6.45, 7) is 0.00708. The summed E-state index contributed by atoms with van der Waals surface area (Å²) in [5.41, 5.74) is -1.08. The molecule has 0 saturated heterocycles. The van der Waals surface area contributed by atoms with Gasteiger partial charge in [-0.25, -0.2) is 14.6 Å². The van der Waals surface area contributed by atoms with Crippen LogP contribution in [-0.4, -0.2) is 37.1 Å². The lowest BCUT2D eigenvalue weighted by atomic mass is 10.1. The van der Waals surface area contributed by atoms with Crippen molar-refractivity contribution in [1.82, 2.24) is 15.3 Å². The van der Waals surface area contributed by atoms with Crippen LogP contribution in [0.25, 0.3) is 11.4 Å². The van der Waals surface area contributed by atoms with Crippen LogP contribution < -0.4 is 16.2 Å². The third kappa shape index (κ3) is 4.82. The molecule has 12 heteroatoms. The number of H-pyrrole nitrogens is 1. The Bertz CT molecular complexity index is 1240. The van der Waals surface area contributed by atoms with E-state index in [-0.39, 0.29) is 29.3 Å². The van der Waals surface area contributed by atoms with E-state index in [4.69, 9.17) is 5.11 Å². The minimum absolute atomic E-state index is 0.00708. The average molecular weight is 425 g/mol. The van der Waals surface area contributed by atoms with Gasteiger partial charge in [-0.2, -0.15) is 0 Å². The highest BCUT2D eigenvalue weighted by Gasteiger charge is 2.19. The second kappa shape index (κ2) is 8.73. The molecule has 1 aromatic heterocycles. The minimum Gasteiger partial charge on any atom is -0.501 e. The first kappa shape index (κ1) is 21.0. The fourth-order valence-electron chi connectivity index (χ4n) is 2.67. The van der Waals surface area contributed by atoms with E-state index in [1.165, 1.54) is 30.3 Å². The summed E-state index contributed by atoms with van der Waals surface area (Å²) in [6, 6.07) is 11.3. The number of carbonyl (C=O) groups excluding carboxylic acids is 1. The van der Waals surface area contributed by atoms with Gasteiger partial charge < -0.3 is 25.8 Å². The Kier molecular flexibility index (Phi) is 5.91. The lowest BCUT2D eigenvalue weighted by molar-refractivity contribution is -0.384. The predicted molar refractivity (Wildman–Crippen MR) is 108 cm³/mol. The molecule has 0 atom stereocenters. The number of aromatic carboxylic acids is 1. The second-order valence-corrected chi connectivity index (χ2v) is 6.20. The Labute approximate surface area is 173 Å².